The number of aliphatic hydroxyl groups is 1. The fourth-order valence-electron chi connectivity index (χ4n) is 3.51. The van der Waals surface area contributed by atoms with E-state index in [0.717, 1.165) is 5.56 Å². The molecule has 0 saturated carbocycles. The highest BCUT2D eigenvalue weighted by molar-refractivity contribution is 6.30. The molecule has 2 aromatic rings. The topological polar surface area (TPSA) is 96.2 Å². The highest BCUT2D eigenvalue weighted by Crippen LogP contribution is 2.26. The lowest BCUT2D eigenvalue weighted by Gasteiger charge is -2.18. The van der Waals surface area contributed by atoms with E-state index >= 15 is 0 Å². The minimum Gasteiger partial charge on any atom is -0.396 e. The largest absolute Gasteiger partial charge is 0.396 e. The van der Waals surface area contributed by atoms with Gasteiger partial charge in [0.1, 0.15) is 12.0 Å². The summed E-state index contributed by atoms with van der Waals surface area (Å²) in [5.74, 6) is 0.394. The molecule has 0 aliphatic heterocycles. The van der Waals surface area contributed by atoms with E-state index in [1.54, 1.807) is 23.7 Å². The average molecular weight is 449 g/mol. The van der Waals surface area contributed by atoms with E-state index in [9.17, 15) is 14.0 Å². The van der Waals surface area contributed by atoms with Crippen molar-refractivity contribution in [2.75, 3.05) is 25.5 Å². The van der Waals surface area contributed by atoms with Gasteiger partial charge in [-0.3, -0.25) is 9.59 Å². The second-order valence-corrected chi connectivity index (χ2v) is 7.83. The van der Waals surface area contributed by atoms with Gasteiger partial charge >= 0.3 is 0 Å². The first-order chi connectivity index (χ1) is 14.9. The van der Waals surface area contributed by atoms with Crippen LogP contribution >= 0.6 is 11.6 Å². The maximum absolute atomic E-state index is 14.5. The standard InChI is InChI=1S/C22H26ClFN4O3/c1-25-21-20(22(31)26-9-2-10-29)28(13-14-3-5-16(23)6-4-14)19(27-21)12-15-11-17(30)7-8-18(15)24/h3-6,11,18,25,29H,2,7-10,12-13H2,1H3,(H,26,31). The van der Waals surface area contributed by atoms with Gasteiger partial charge in [0, 0.05) is 44.6 Å². The lowest BCUT2D eigenvalue weighted by atomic mass is 9.94. The number of carbonyl (C=O) groups excluding carboxylic acids is 2. The van der Waals surface area contributed by atoms with E-state index in [1.165, 1.54) is 6.08 Å². The van der Waals surface area contributed by atoms with Crippen molar-refractivity contribution in [3.05, 3.63) is 58.0 Å². The second kappa shape index (κ2) is 10.5. The maximum atomic E-state index is 14.5. The third kappa shape index (κ3) is 5.71. The number of aromatic nitrogens is 2. The molecule has 3 N–H and O–H groups in total. The number of halogens is 2. The highest BCUT2D eigenvalue weighted by Gasteiger charge is 2.27. The van der Waals surface area contributed by atoms with Gasteiger partial charge in [-0.25, -0.2) is 9.37 Å². The number of benzene rings is 1. The number of anilines is 1. The molecule has 1 aromatic carbocycles. The summed E-state index contributed by atoms with van der Waals surface area (Å²) in [6, 6.07) is 7.21. The summed E-state index contributed by atoms with van der Waals surface area (Å²) in [5, 5.41) is 15.3. The molecular weight excluding hydrogens is 423 g/mol. The fourth-order valence-corrected chi connectivity index (χ4v) is 3.64. The molecule has 0 saturated heterocycles. The Bertz CT molecular complexity index is 972. The van der Waals surface area contributed by atoms with Gasteiger partial charge in [-0.05, 0) is 42.2 Å². The molecule has 1 aliphatic rings. The third-order valence-corrected chi connectivity index (χ3v) is 5.38. The van der Waals surface area contributed by atoms with Gasteiger partial charge in [0.2, 0.25) is 0 Å². The van der Waals surface area contributed by atoms with Crippen molar-refractivity contribution in [3.63, 3.8) is 0 Å². The van der Waals surface area contributed by atoms with Crippen molar-refractivity contribution in [1.29, 1.82) is 0 Å². The number of ketones is 1. The Morgan fingerprint density at radius 1 is 1.35 bits per heavy atom. The first kappa shape index (κ1) is 23.0. The van der Waals surface area contributed by atoms with Crippen LogP contribution in [0.4, 0.5) is 10.2 Å². The Hall–Kier alpha value is -2.71. The summed E-state index contributed by atoms with van der Waals surface area (Å²) in [5.41, 5.74) is 1.57. The second-order valence-electron chi connectivity index (χ2n) is 7.39. The van der Waals surface area contributed by atoms with Crippen LogP contribution in [-0.4, -0.2) is 52.7 Å². The smallest absolute Gasteiger partial charge is 0.271 e. The van der Waals surface area contributed by atoms with E-state index in [4.69, 9.17) is 16.7 Å². The molecule has 166 valence electrons. The fraction of sp³-hybridized carbons (Fsp3) is 0.409. The molecule has 1 aliphatic carbocycles. The van der Waals surface area contributed by atoms with Gasteiger partial charge in [0.25, 0.3) is 5.91 Å². The van der Waals surface area contributed by atoms with Crippen LogP contribution in [0.3, 0.4) is 0 Å². The lowest BCUT2D eigenvalue weighted by molar-refractivity contribution is -0.115. The number of hydrogen-bond donors (Lipinski definition) is 3. The van der Waals surface area contributed by atoms with Crippen molar-refractivity contribution in [1.82, 2.24) is 14.9 Å². The number of allylic oxidation sites excluding steroid dienone is 2. The Morgan fingerprint density at radius 2 is 2.10 bits per heavy atom. The number of rotatable bonds is 9. The molecule has 31 heavy (non-hydrogen) atoms. The van der Waals surface area contributed by atoms with Crippen molar-refractivity contribution >= 4 is 29.1 Å². The summed E-state index contributed by atoms with van der Waals surface area (Å²) in [6.45, 7) is 0.600. The van der Waals surface area contributed by atoms with E-state index in [2.05, 4.69) is 15.6 Å². The van der Waals surface area contributed by atoms with Crippen molar-refractivity contribution in [3.8, 4) is 0 Å². The average Bonchev–Trinajstić information content (AvgIpc) is 3.09. The summed E-state index contributed by atoms with van der Waals surface area (Å²) in [7, 11) is 1.66. The Kier molecular flexibility index (Phi) is 7.81. The van der Waals surface area contributed by atoms with Crippen LogP contribution in [0.2, 0.25) is 5.02 Å². The van der Waals surface area contributed by atoms with E-state index in [-0.39, 0.29) is 37.6 Å². The molecule has 1 heterocycles. The third-order valence-electron chi connectivity index (χ3n) is 5.13. The van der Waals surface area contributed by atoms with Crippen LogP contribution in [-0.2, 0) is 17.8 Å². The van der Waals surface area contributed by atoms with Crippen LogP contribution in [0.5, 0.6) is 0 Å². The number of aliphatic hydroxyl groups excluding tert-OH is 1. The van der Waals surface area contributed by atoms with E-state index in [1.807, 2.05) is 12.1 Å². The summed E-state index contributed by atoms with van der Waals surface area (Å²) >= 11 is 5.99. The molecule has 1 atom stereocenters. The molecule has 9 heteroatoms. The number of nitrogens with zero attached hydrogens (tertiary/aromatic N) is 2. The van der Waals surface area contributed by atoms with Gasteiger partial charge in [-0.1, -0.05) is 23.7 Å². The molecule has 1 amide bonds. The van der Waals surface area contributed by atoms with Crippen LogP contribution in [0.1, 0.15) is 41.1 Å². The predicted molar refractivity (Wildman–Crippen MR) is 117 cm³/mol. The predicted octanol–water partition coefficient (Wildman–Crippen LogP) is 2.91. The highest BCUT2D eigenvalue weighted by atomic mass is 35.5. The van der Waals surface area contributed by atoms with Crippen molar-refractivity contribution in [2.45, 2.75) is 38.4 Å². The molecule has 0 spiro atoms. The SMILES string of the molecule is CNc1nc(CC2=CC(=O)CCC2F)n(Cc2ccc(Cl)cc2)c1C(=O)NCCCO. The summed E-state index contributed by atoms with van der Waals surface area (Å²) in [4.78, 5) is 29.3. The summed E-state index contributed by atoms with van der Waals surface area (Å²) < 4.78 is 16.2. The Labute approximate surface area is 185 Å². The van der Waals surface area contributed by atoms with Crippen molar-refractivity contribution in [2.24, 2.45) is 0 Å². The first-order valence-corrected chi connectivity index (χ1v) is 10.6. The van der Waals surface area contributed by atoms with Crippen LogP contribution in [0.15, 0.2) is 35.9 Å². The quantitative estimate of drug-likeness (QED) is 0.512. The summed E-state index contributed by atoms with van der Waals surface area (Å²) in [6.07, 6.45) is 1.06. The molecule has 7 nitrogen and oxygen atoms in total. The monoisotopic (exact) mass is 448 g/mol. The minimum atomic E-state index is -1.21. The molecule has 1 aromatic heterocycles. The zero-order valence-corrected chi connectivity index (χ0v) is 18.1. The van der Waals surface area contributed by atoms with E-state index < -0.39 is 6.17 Å². The molecular formula is C22H26ClFN4O3. The molecule has 0 bridgehead atoms. The van der Waals surface area contributed by atoms with Gasteiger partial charge < -0.3 is 20.3 Å². The van der Waals surface area contributed by atoms with Gasteiger partial charge in [-0.2, -0.15) is 0 Å². The molecule has 0 fully saturated rings. The van der Waals surface area contributed by atoms with Crippen LogP contribution in [0.25, 0.3) is 0 Å². The number of carbonyl (C=O) groups is 2. The zero-order chi connectivity index (χ0) is 22.4. The Morgan fingerprint density at radius 3 is 2.77 bits per heavy atom. The Balaban J connectivity index is 2.00. The first-order valence-electron chi connectivity index (χ1n) is 10.2. The van der Waals surface area contributed by atoms with Gasteiger partial charge in [0.15, 0.2) is 17.3 Å². The lowest BCUT2D eigenvalue weighted by Crippen LogP contribution is -2.29. The van der Waals surface area contributed by atoms with Gasteiger partial charge in [0.05, 0.1) is 0 Å². The number of nitrogens with one attached hydrogen (secondary N) is 2. The number of imidazole rings is 1. The van der Waals surface area contributed by atoms with E-state index in [0.29, 0.717) is 47.4 Å². The van der Waals surface area contributed by atoms with Crippen LogP contribution in [0, 0.1) is 0 Å². The van der Waals surface area contributed by atoms with Crippen LogP contribution < -0.4 is 10.6 Å². The number of alkyl halides is 1. The van der Waals surface area contributed by atoms with Crippen molar-refractivity contribution < 1.29 is 19.1 Å². The zero-order valence-electron chi connectivity index (χ0n) is 17.3. The van der Waals surface area contributed by atoms with Gasteiger partial charge in [-0.15, -0.1) is 0 Å². The molecule has 1 unspecified atom stereocenters. The number of hydrogen-bond acceptors (Lipinski definition) is 5. The minimum absolute atomic E-state index is 0.0332. The number of amides is 1. The molecule has 0 radical (unpaired) electrons. The maximum Gasteiger partial charge on any atom is 0.271 e. The normalized spacial score (nSPS) is 16.2. The molecule has 3 rings (SSSR count).